The highest BCUT2D eigenvalue weighted by atomic mass is 16.5. The number of hydrogen-bond donors (Lipinski definition) is 1. The number of nitrogens with zero attached hydrogens (tertiary/aromatic N) is 2. The molecular formula is C26H22N2O4. The van der Waals surface area contributed by atoms with E-state index in [2.05, 4.69) is 4.98 Å². The van der Waals surface area contributed by atoms with E-state index in [0.717, 1.165) is 22.3 Å². The van der Waals surface area contributed by atoms with Crippen molar-refractivity contribution in [3.8, 4) is 22.4 Å². The van der Waals surface area contributed by atoms with Gasteiger partial charge in [-0.1, -0.05) is 84.9 Å². The van der Waals surface area contributed by atoms with Crippen LogP contribution in [0.3, 0.4) is 0 Å². The second-order valence-corrected chi connectivity index (χ2v) is 7.36. The van der Waals surface area contributed by atoms with Crippen molar-refractivity contribution in [3.05, 3.63) is 103 Å². The first-order chi connectivity index (χ1) is 15.6. The Morgan fingerprint density at radius 2 is 1.44 bits per heavy atom. The van der Waals surface area contributed by atoms with Crippen molar-refractivity contribution in [2.24, 2.45) is 0 Å². The summed E-state index contributed by atoms with van der Waals surface area (Å²) in [4.78, 5) is 28.4. The fraction of sp³-hybridized carbons (Fsp3) is 0.115. The lowest BCUT2D eigenvalue weighted by Gasteiger charge is -2.15. The Labute approximate surface area is 185 Å². The smallest absolute Gasteiger partial charge is 0.330 e. The number of aliphatic carboxylic acids is 1. The molecule has 0 spiro atoms. The molecule has 1 heterocycles. The number of carbonyl (C=O) groups is 2. The molecule has 0 radical (unpaired) electrons. The van der Waals surface area contributed by atoms with Crippen LogP contribution in [0.4, 0.5) is 0 Å². The van der Waals surface area contributed by atoms with Gasteiger partial charge in [0.1, 0.15) is 12.6 Å². The Morgan fingerprint density at radius 1 is 0.844 bits per heavy atom. The van der Waals surface area contributed by atoms with Crippen LogP contribution in [0.25, 0.3) is 22.4 Å². The third kappa shape index (κ3) is 5.10. The summed E-state index contributed by atoms with van der Waals surface area (Å²) < 4.78 is 6.88. The van der Waals surface area contributed by atoms with Gasteiger partial charge >= 0.3 is 11.9 Å². The molecule has 160 valence electrons. The van der Waals surface area contributed by atoms with Crippen LogP contribution in [0.1, 0.15) is 18.0 Å². The van der Waals surface area contributed by atoms with Gasteiger partial charge in [0.05, 0.1) is 18.4 Å². The number of carboxylic acids is 1. The summed E-state index contributed by atoms with van der Waals surface area (Å²) in [6.07, 6.45) is 2.75. The van der Waals surface area contributed by atoms with E-state index in [0.29, 0.717) is 5.69 Å². The molecular weight excluding hydrogens is 404 g/mol. The van der Waals surface area contributed by atoms with E-state index >= 15 is 0 Å². The Hall–Kier alpha value is -4.19. The summed E-state index contributed by atoms with van der Waals surface area (Å²) in [5, 5.41) is 9.30. The standard InChI is InChI=1S/C26H22N2O4/c29-25(30)15-24(26(31)32-17-19-7-3-1-4-8-19)28-16-23(27-18-28)22-13-11-21(12-14-22)20-9-5-2-6-10-20/h1-14,16,18,24H,15,17H2,(H,29,30). The number of carboxylic acid groups (broad SMARTS) is 1. The van der Waals surface area contributed by atoms with E-state index in [9.17, 15) is 14.7 Å². The molecule has 0 aliphatic rings. The Kier molecular flexibility index (Phi) is 6.41. The van der Waals surface area contributed by atoms with E-state index < -0.39 is 24.4 Å². The van der Waals surface area contributed by atoms with Crippen LogP contribution in [0.2, 0.25) is 0 Å². The highest BCUT2D eigenvalue weighted by Crippen LogP contribution is 2.25. The minimum Gasteiger partial charge on any atom is -0.481 e. The summed E-state index contributed by atoms with van der Waals surface area (Å²) in [6.45, 7) is 0.0816. The molecule has 1 atom stereocenters. The summed E-state index contributed by atoms with van der Waals surface area (Å²) >= 11 is 0. The number of carbonyl (C=O) groups excluding carboxylic acids is 1. The van der Waals surface area contributed by atoms with Gasteiger partial charge in [0, 0.05) is 11.8 Å². The van der Waals surface area contributed by atoms with Crippen molar-refractivity contribution in [1.29, 1.82) is 0 Å². The maximum Gasteiger partial charge on any atom is 0.330 e. The van der Waals surface area contributed by atoms with Gasteiger partial charge in [0.25, 0.3) is 0 Å². The SMILES string of the molecule is O=C(O)CC(C(=O)OCc1ccccc1)n1cnc(-c2ccc(-c3ccccc3)cc2)c1. The summed E-state index contributed by atoms with van der Waals surface area (Å²) in [5.41, 5.74) is 4.56. The first-order valence-corrected chi connectivity index (χ1v) is 10.2. The molecule has 4 aromatic rings. The Balaban J connectivity index is 1.50. The van der Waals surface area contributed by atoms with Crippen LogP contribution in [-0.4, -0.2) is 26.6 Å². The fourth-order valence-corrected chi connectivity index (χ4v) is 3.42. The van der Waals surface area contributed by atoms with Crippen molar-refractivity contribution in [2.75, 3.05) is 0 Å². The molecule has 3 aromatic carbocycles. The van der Waals surface area contributed by atoms with Crippen LogP contribution in [-0.2, 0) is 20.9 Å². The number of rotatable bonds is 8. The van der Waals surface area contributed by atoms with Crippen LogP contribution >= 0.6 is 0 Å². The summed E-state index contributed by atoms with van der Waals surface area (Å²) in [5.74, 6) is -1.70. The molecule has 0 amide bonds. The van der Waals surface area contributed by atoms with Crippen LogP contribution in [0, 0.1) is 0 Å². The zero-order chi connectivity index (χ0) is 22.3. The molecule has 0 bridgehead atoms. The number of hydrogen-bond acceptors (Lipinski definition) is 4. The third-order valence-electron chi connectivity index (χ3n) is 5.11. The minimum atomic E-state index is -1.09. The number of aromatic nitrogens is 2. The van der Waals surface area contributed by atoms with E-state index in [1.165, 1.54) is 10.9 Å². The Morgan fingerprint density at radius 3 is 2.09 bits per heavy atom. The molecule has 4 rings (SSSR count). The van der Waals surface area contributed by atoms with Crippen LogP contribution in [0.5, 0.6) is 0 Å². The van der Waals surface area contributed by atoms with Crippen molar-refractivity contribution < 1.29 is 19.4 Å². The lowest BCUT2D eigenvalue weighted by Crippen LogP contribution is -2.23. The lowest BCUT2D eigenvalue weighted by molar-refractivity contribution is -0.153. The zero-order valence-corrected chi connectivity index (χ0v) is 17.3. The molecule has 0 saturated heterocycles. The van der Waals surface area contributed by atoms with Crippen molar-refractivity contribution in [2.45, 2.75) is 19.1 Å². The maximum absolute atomic E-state index is 12.7. The van der Waals surface area contributed by atoms with Crippen LogP contribution < -0.4 is 0 Å². The van der Waals surface area contributed by atoms with Gasteiger partial charge in [0.15, 0.2) is 0 Å². The maximum atomic E-state index is 12.7. The minimum absolute atomic E-state index is 0.0816. The molecule has 0 aliphatic heterocycles. The molecule has 6 nitrogen and oxygen atoms in total. The summed E-state index contributed by atoms with van der Waals surface area (Å²) in [6, 6.07) is 26.2. The average molecular weight is 426 g/mol. The molecule has 6 heteroatoms. The highest BCUT2D eigenvalue weighted by Gasteiger charge is 2.25. The third-order valence-corrected chi connectivity index (χ3v) is 5.11. The highest BCUT2D eigenvalue weighted by molar-refractivity contribution is 5.81. The number of ether oxygens (including phenoxy) is 1. The normalized spacial score (nSPS) is 11.6. The van der Waals surface area contributed by atoms with Gasteiger partial charge in [-0.15, -0.1) is 0 Å². The van der Waals surface area contributed by atoms with Gasteiger partial charge in [0.2, 0.25) is 0 Å². The number of imidazole rings is 1. The van der Waals surface area contributed by atoms with Crippen molar-refractivity contribution >= 4 is 11.9 Å². The quantitative estimate of drug-likeness (QED) is 0.402. The monoisotopic (exact) mass is 426 g/mol. The van der Waals surface area contributed by atoms with E-state index in [4.69, 9.17) is 4.74 Å². The fourth-order valence-electron chi connectivity index (χ4n) is 3.42. The van der Waals surface area contributed by atoms with Gasteiger partial charge in [-0.3, -0.25) is 4.79 Å². The molecule has 1 unspecified atom stereocenters. The molecule has 1 N–H and O–H groups in total. The molecule has 0 fully saturated rings. The van der Waals surface area contributed by atoms with E-state index in [1.807, 2.05) is 84.9 Å². The van der Waals surface area contributed by atoms with Crippen LogP contribution in [0.15, 0.2) is 97.5 Å². The second-order valence-electron chi connectivity index (χ2n) is 7.36. The average Bonchev–Trinajstić information content (AvgIpc) is 3.32. The first kappa shape index (κ1) is 21.1. The molecule has 1 aromatic heterocycles. The van der Waals surface area contributed by atoms with E-state index in [-0.39, 0.29) is 6.61 Å². The van der Waals surface area contributed by atoms with Gasteiger partial charge in [-0.25, -0.2) is 9.78 Å². The van der Waals surface area contributed by atoms with Gasteiger partial charge < -0.3 is 14.4 Å². The number of esters is 1. The predicted octanol–water partition coefficient (Wildman–Crippen LogP) is 4.98. The second kappa shape index (κ2) is 9.75. The first-order valence-electron chi connectivity index (χ1n) is 10.2. The molecule has 32 heavy (non-hydrogen) atoms. The van der Waals surface area contributed by atoms with E-state index in [1.54, 1.807) is 6.20 Å². The predicted molar refractivity (Wildman–Crippen MR) is 121 cm³/mol. The molecule has 0 saturated carbocycles. The van der Waals surface area contributed by atoms with Crippen molar-refractivity contribution in [3.63, 3.8) is 0 Å². The summed E-state index contributed by atoms with van der Waals surface area (Å²) in [7, 11) is 0. The van der Waals surface area contributed by atoms with Gasteiger partial charge in [-0.05, 0) is 16.7 Å². The van der Waals surface area contributed by atoms with Crippen molar-refractivity contribution in [1.82, 2.24) is 9.55 Å². The lowest BCUT2D eigenvalue weighted by atomic mass is 10.0. The topological polar surface area (TPSA) is 81.4 Å². The number of benzene rings is 3. The largest absolute Gasteiger partial charge is 0.481 e. The Bertz CT molecular complexity index is 1190. The zero-order valence-electron chi connectivity index (χ0n) is 17.3. The molecule has 0 aliphatic carbocycles. The van der Waals surface area contributed by atoms with Gasteiger partial charge in [-0.2, -0.15) is 0 Å².